The summed E-state index contributed by atoms with van der Waals surface area (Å²) in [6.07, 6.45) is -9.53. The SMILES string of the molecule is Fc1cc(C(F)(F)F)ccc1[C@@H](c1ccc(OC(F)(F)F)cc1)N1CCNCC1. The van der Waals surface area contributed by atoms with Gasteiger partial charge in [-0.05, 0) is 29.8 Å². The summed E-state index contributed by atoms with van der Waals surface area (Å²) in [6, 6.07) is 6.46. The van der Waals surface area contributed by atoms with Gasteiger partial charge in [-0.25, -0.2) is 4.39 Å². The van der Waals surface area contributed by atoms with Gasteiger partial charge in [0.05, 0.1) is 11.6 Å². The van der Waals surface area contributed by atoms with Crippen LogP contribution in [0.3, 0.4) is 0 Å². The van der Waals surface area contributed by atoms with Crippen LogP contribution < -0.4 is 10.1 Å². The zero-order valence-electron chi connectivity index (χ0n) is 14.9. The van der Waals surface area contributed by atoms with E-state index in [0.29, 0.717) is 37.8 Å². The number of hydrogen-bond donors (Lipinski definition) is 1. The predicted octanol–water partition coefficient (Wildman–Crippen LogP) is 4.74. The molecule has 3 nitrogen and oxygen atoms in total. The first-order valence-corrected chi connectivity index (χ1v) is 8.72. The standard InChI is InChI=1S/C19H17F7N2O/c20-16-11-13(18(21,22)23)3-6-15(16)17(28-9-7-27-8-10-28)12-1-4-14(5-2-12)29-19(24,25)26/h1-6,11,17,27H,7-10H2/t17-/m1/s1. The van der Waals surface area contributed by atoms with Gasteiger partial charge < -0.3 is 10.1 Å². The van der Waals surface area contributed by atoms with E-state index in [0.717, 1.165) is 24.3 Å². The average molecular weight is 422 g/mol. The number of hydrogen-bond acceptors (Lipinski definition) is 3. The van der Waals surface area contributed by atoms with Gasteiger partial charge in [-0.3, -0.25) is 4.90 Å². The molecule has 0 aromatic heterocycles. The second-order valence-electron chi connectivity index (χ2n) is 6.54. The Labute approximate surface area is 162 Å². The molecule has 1 N–H and O–H groups in total. The molecule has 0 spiro atoms. The second-order valence-corrected chi connectivity index (χ2v) is 6.54. The summed E-state index contributed by atoms with van der Waals surface area (Å²) in [5.74, 6) is -1.47. The molecule has 1 saturated heterocycles. The number of alkyl halides is 6. The molecule has 0 saturated carbocycles. The van der Waals surface area contributed by atoms with Gasteiger partial charge in [0.25, 0.3) is 0 Å². The van der Waals surface area contributed by atoms with Crippen molar-refractivity contribution in [3.63, 3.8) is 0 Å². The first kappa shape index (κ1) is 21.4. The fourth-order valence-corrected chi connectivity index (χ4v) is 3.30. The molecular formula is C19H17F7N2O. The van der Waals surface area contributed by atoms with E-state index in [2.05, 4.69) is 10.1 Å². The normalized spacial score (nSPS) is 17.2. The van der Waals surface area contributed by atoms with Crippen LogP contribution in [-0.2, 0) is 6.18 Å². The summed E-state index contributed by atoms with van der Waals surface area (Å²) in [5.41, 5.74) is -0.642. The van der Waals surface area contributed by atoms with E-state index in [4.69, 9.17) is 0 Å². The number of nitrogens with zero attached hydrogens (tertiary/aromatic N) is 1. The van der Waals surface area contributed by atoms with Crippen molar-refractivity contribution in [2.75, 3.05) is 26.2 Å². The quantitative estimate of drug-likeness (QED) is 0.721. The van der Waals surface area contributed by atoms with E-state index in [9.17, 15) is 30.7 Å². The van der Waals surface area contributed by atoms with Crippen LogP contribution in [0, 0.1) is 5.82 Å². The Hall–Kier alpha value is -2.33. The lowest BCUT2D eigenvalue weighted by molar-refractivity contribution is -0.274. The maximum atomic E-state index is 14.7. The van der Waals surface area contributed by atoms with Crippen LogP contribution in [0.1, 0.15) is 22.7 Å². The van der Waals surface area contributed by atoms with Crippen molar-refractivity contribution in [2.24, 2.45) is 0 Å². The molecule has 0 radical (unpaired) electrons. The highest BCUT2D eigenvalue weighted by Crippen LogP contribution is 2.36. The van der Waals surface area contributed by atoms with Gasteiger partial charge in [0.15, 0.2) is 0 Å². The number of ether oxygens (including phenoxy) is 1. The first-order valence-electron chi connectivity index (χ1n) is 8.72. The van der Waals surface area contributed by atoms with Gasteiger partial charge in [0.1, 0.15) is 11.6 Å². The predicted molar refractivity (Wildman–Crippen MR) is 90.8 cm³/mol. The third-order valence-corrected chi connectivity index (χ3v) is 4.57. The number of halogens is 7. The molecule has 1 aliphatic heterocycles. The van der Waals surface area contributed by atoms with Crippen LogP contribution in [-0.4, -0.2) is 37.4 Å². The molecule has 2 aromatic rings. The van der Waals surface area contributed by atoms with Gasteiger partial charge in [-0.15, -0.1) is 13.2 Å². The molecule has 1 heterocycles. The molecule has 1 atom stereocenters. The Kier molecular flexibility index (Phi) is 6.04. The fraction of sp³-hybridized carbons (Fsp3) is 0.368. The zero-order valence-corrected chi connectivity index (χ0v) is 14.9. The van der Waals surface area contributed by atoms with E-state index >= 15 is 0 Å². The molecule has 3 rings (SSSR count). The topological polar surface area (TPSA) is 24.5 Å². The van der Waals surface area contributed by atoms with E-state index < -0.39 is 35.7 Å². The molecular weight excluding hydrogens is 405 g/mol. The summed E-state index contributed by atoms with van der Waals surface area (Å²) in [4.78, 5) is 1.86. The molecule has 0 bridgehead atoms. The highest BCUT2D eigenvalue weighted by molar-refractivity contribution is 5.38. The molecule has 2 aromatic carbocycles. The fourth-order valence-electron chi connectivity index (χ4n) is 3.30. The highest BCUT2D eigenvalue weighted by atomic mass is 19.4. The van der Waals surface area contributed by atoms with Crippen molar-refractivity contribution < 1.29 is 35.5 Å². The summed E-state index contributed by atoms with van der Waals surface area (Å²) < 4.78 is 94.2. The molecule has 1 fully saturated rings. The largest absolute Gasteiger partial charge is 0.573 e. The lowest BCUT2D eigenvalue weighted by atomic mass is 9.94. The third kappa shape index (κ3) is 5.39. The number of piperazine rings is 1. The minimum atomic E-state index is -4.85. The highest BCUT2D eigenvalue weighted by Gasteiger charge is 2.34. The van der Waals surface area contributed by atoms with Crippen molar-refractivity contribution in [2.45, 2.75) is 18.6 Å². The number of rotatable bonds is 4. The molecule has 29 heavy (non-hydrogen) atoms. The molecule has 0 aliphatic carbocycles. The molecule has 0 amide bonds. The zero-order chi connectivity index (χ0) is 21.2. The second kappa shape index (κ2) is 8.19. The summed E-state index contributed by atoms with van der Waals surface area (Å²) >= 11 is 0. The van der Waals surface area contributed by atoms with Crippen molar-refractivity contribution >= 4 is 0 Å². The Bertz CT molecular complexity index is 828. The Morgan fingerprint density at radius 2 is 1.52 bits per heavy atom. The molecule has 1 aliphatic rings. The third-order valence-electron chi connectivity index (χ3n) is 4.57. The van der Waals surface area contributed by atoms with Gasteiger partial charge in [-0.2, -0.15) is 13.2 Å². The lowest BCUT2D eigenvalue weighted by Gasteiger charge is -2.36. The van der Waals surface area contributed by atoms with Crippen molar-refractivity contribution in [3.05, 3.63) is 65.0 Å². The van der Waals surface area contributed by atoms with E-state index in [1.807, 2.05) is 4.90 Å². The van der Waals surface area contributed by atoms with Gasteiger partial charge in [-0.1, -0.05) is 18.2 Å². The lowest BCUT2D eigenvalue weighted by Crippen LogP contribution is -2.45. The molecule has 158 valence electrons. The van der Waals surface area contributed by atoms with Crippen molar-refractivity contribution in [1.29, 1.82) is 0 Å². The van der Waals surface area contributed by atoms with Gasteiger partial charge >= 0.3 is 12.5 Å². The maximum absolute atomic E-state index is 14.7. The minimum Gasteiger partial charge on any atom is -0.406 e. The monoisotopic (exact) mass is 422 g/mol. The smallest absolute Gasteiger partial charge is 0.406 e. The summed E-state index contributed by atoms with van der Waals surface area (Å²) in [5, 5.41) is 3.12. The molecule has 10 heteroatoms. The first-order chi connectivity index (χ1) is 13.5. The van der Waals surface area contributed by atoms with E-state index in [1.54, 1.807) is 0 Å². The number of benzene rings is 2. The van der Waals surface area contributed by atoms with Gasteiger partial charge in [0, 0.05) is 31.7 Å². The van der Waals surface area contributed by atoms with Crippen LogP contribution in [0.25, 0.3) is 0 Å². The van der Waals surface area contributed by atoms with Crippen LogP contribution in [0.2, 0.25) is 0 Å². The summed E-state index contributed by atoms with van der Waals surface area (Å²) in [7, 11) is 0. The van der Waals surface area contributed by atoms with Crippen LogP contribution >= 0.6 is 0 Å². The van der Waals surface area contributed by atoms with Crippen LogP contribution in [0.5, 0.6) is 5.75 Å². The van der Waals surface area contributed by atoms with Crippen molar-refractivity contribution in [1.82, 2.24) is 10.2 Å². The Balaban J connectivity index is 1.97. The number of nitrogens with one attached hydrogen (secondary N) is 1. The summed E-state index contributed by atoms with van der Waals surface area (Å²) in [6.45, 7) is 2.17. The Morgan fingerprint density at radius 1 is 0.897 bits per heavy atom. The Morgan fingerprint density at radius 3 is 2.03 bits per heavy atom. The van der Waals surface area contributed by atoms with E-state index in [-0.39, 0.29) is 5.56 Å². The van der Waals surface area contributed by atoms with Crippen molar-refractivity contribution in [3.8, 4) is 5.75 Å². The van der Waals surface area contributed by atoms with E-state index in [1.165, 1.54) is 12.1 Å². The average Bonchev–Trinajstić information content (AvgIpc) is 2.63. The van der Waals surface area contributed by atoms with Gasteiger partial charge in [0.2, 0.25) is 0 Å². The van der Waals surface area contributed by atoms with Crippen LogP contribution in [0.15, 0.2) is 42.5 Å². The minimum absolute atomic E-state index is 0.0180. The molecule has 0 unspecified atom stereocenters. The van der Waals surface area contributed by atoms with Crippen LogP contribution in [0.4, 0.5) is 30.7 Å². The maximum Gasteiger partial charge on any atom is 0.573 e.